The molecule has 8 nitrogen and oxygen atoms in total. The molecule has 1 aliphatic rings. The van der Waals surface area contributed by atoms with E-state index in [-0.39, 0.29) is 24.3 Å². The van der Waals surface area contributed by atoms with Crippen LogP contribution in [0.1, 0.15) is 31.2 Å². The summed E-state index contributed by atoms with van der Waals surface area (Å²) in [7, 11) is -8.11. The van der Waals surface area contributed by atoms with Crippen LogP contribution in [-0.2, 0) is 26.8 Å². The Kier molecular flexibility index (Phi) is 10.0. The van der Waals surface area contributed by atoms with Crippen LogP contribution in [0, 0.1) is 0 Å². The summed E-state index contributed by atoms with van der Waals surface area (Å²) in [6.07, 6.45) is 5.45. The zero-order valence-electron chi connectivity index (χ0n) is 20.9. The summed E-state index contributed by atoms with van der Waals surface area (Å²) in [5, 5.41) is 1.90. The second-order valence-electron chi connectivity index (χ2n) is 8.90. The number of allylic oxidation sites excluding steroid dienone is 2. The highest BCUT2D eigenvalue weighted by molar-refractivity contribution is 9.10. The Bertz CT molecular complexity index is 1670. The molecule has 0 radical (unpaired) electrons. The molecule has 0 fully saturated rings. The third kappa shape index (κ3) is 8.38. The van der Waals surface area contributed by atoms with Gasteiger partial charge in [0.15, 0.2) is 6.54 Å². The highest BCUT2D eigenvalue weighted by Crippen LogP contribution is 2.47. The Hall–Kier alpha value is -1.26. The van der Waals surface area contributed by atoms with Crippen molar-refractivity contribution >= 4 is 97.2 Å². The van der Waals surface area contributed by atoms with Crippen LogP contribution in [0.2, 0.25) is 0 Å². The van der Waals surface area contributed by atoms with Gasteiger partial charge in [-0.3, -0.25) is 9.11 Å². The molecule has 0 spiro atoms. The molecule has 14 heteroatoms. The van der Waals surface area contributed by atoms with E-state index in [1.807, 2.05) is 36.4 Å². The molecule has 4 rings (SSSR count). The summed E-state index contributed by atoms with van der Waals surface area (Å²) in [6.45, 7) is 2.90. The smallest absolute Gasteiger partial charge is 0.265 e. The number of benzene rings is 2. The molecule has 0 saturated carbocycles. The summed E-state index contributed by atoms with van der Waals surface area (Å²) >= 11 is 10.3. The maximum atomic E-state index is 11.3. The Labute approximate surface area is 253 Å². The van der Waals surface area contributed by atoms with Crippen molar-refractivity contribution in [3.05, 3.63) is 67.0 Å². The van der Waals surface area contributed by atoms with E-state index in [2.05, 4.69) is 60.4 Å². The molecule has 0 amide bonds. The quantitative estimate of drug-likeness (QED) is 0.169. The van der Waals surface area contributed by atoms with Crippen molar-refractivity contribution in [3.63, 3.8) is 0 Å². The first kappa shape index (κ1) is 30.7. The molecule has 3 aromatic rings. The maximum Gasteiger partial charge on any atom is 0.265 e. The van der Waals surface area contributed by atoms with E-state index >= 15 is 0 Å². The Morgan fingerprint density at radius 3 is 2.36 bits per heavy atom. The minimum Gasteiger partial charge on any atom is -0.335 e. The number of hydrogen-bond donors (Lipinski definition) is 2. The summed E-state index contributed by atoms with van der Waals surface area (Å²) < 4.78 is 68.7. The van der Waals surface area contributed by atoms with E-state index in [9.17, 15) is 25.9 Å². The van der Waals surface area contributed by atoms with E-state index in [1.165, 1.54) is 0 Å². The predicted molar refractivity (Wildman–Crippen MR) is 165 cm³/mol. The number of rotatable bonds is 11. The molecule has 0 bridgehead atoms. The molecule has 0 saturated heterocycles. The van der Waals surface area contributed by atoms with Gasteiger partial charge in [0.25, 0.3) is 25.2 Å². The lowest BCUT2D eigenvalue weighted by molar-refractivity contribution is -0.668. The lowest BCUT2D eigenvalue weighted by atomic mass is 10.2. The number of halogens is 2. The molecule has 2 aromatic carbocycles. The number of aryl methyl sites for hydroxylation is 1. The average molecular weight is 740 g/mol. The number of thiazole rings is 1. The standard InChI is InChI=1S/C25H26Br2N2O6S4/c1-2-17(13-24-28(9-3-11-38(30,31)32)20-15-18(26)5-7-22(20)36-24)14-25-29(10-4-12-39(33,34)35)21-16-19(27)6-8-23(21)37-25/h5-8,13-16H,2-4,9-12H2,1H3,(H-,30,31,32,33,34,35)/p+1. The first-order chi connectivity index (χ1) is 18.3. The van der Waals surface area contributed by atoms with Gasteiger partial charge >= 0.3 is 0 Å². The van der Waals surface area contributed by atoms with Gasteiger partial charge < -0.3 is 4.90 Å². The number of hydrogen-bond acceptors (Lipinski definition) is 7. The van der Waals surface area contributed by atoms with Crippen molar-refractivity contribution < 1.29 is 30.5 Å². The molecule has 1 aromatic heterocycles. The fourth-order valence-corrected chi connectivity index (χ4v) is 8.17. The number of thioether (sulfide) groups is 1. The molecule has 0 unspecified atom stereocenters. The van der Waals surface area contributed by atoms with Crippen LogP contribution in [-0.4, -0.2) is 44.0 Å². The van der Waals surface area contributed by atoms with Gasteiger partial charge in [-0.15, -0.1) is 0 Å². The lowest BCUT2D eigenvalue weighted by Gasteiger charge is -2.20. The lowest BCUT2D eigenvalue weighted by Crippen LogP contribution is -2.36. The fraction of sp³-hybridized carbons (Fsp3) is 0.320. The van der Waals surface area contributed by atoms with Crippen LogP contribution >= 0.6 is 55.0 Å². The summed E-state index contributed by atoms with van der Waals surface area (Å²) in [5.41, 5.74) is 2.98. The monoisotopic (exact) mass is 737 g/mol. The van der Waals surface area contributed by atoms with Gasteiger partial charge in [0, 0.05) is 38.9 Å². The van der Waals surface area contributed by atoms with Gasteiger partial charge in [-0.25, -0.2) is 0 Å². The van der Waals surface area contributed by atoms with Crippen molar-refractivity contribution in [2.75, 3.05) is 23.0 Å². The van der Waals surface area contributed by atoms with E-state index < -0.39 is 20.2 Å². The zero-order valence-corrected chi connectivity index (χ0v) is 27.3. The van der Waals surface area contributed by atoms with Crippen molar-refractivity contribution in [1.82, 2.24) is 0 Å². The van der Waals surface area contributed by atoms with Gasteiger partial charge in [-0.05, 0) is 54.8 Å². The highest BCUT2D eigenvalue weighted by atomic mass is 79.9. The molecular formula is C25H27Br2N2O6S4+. The van der Waals surface area contributed by atoms with E-state index in [4.69, 9.17) is 0 Å². The summed E-state index contributed by atoms with van der Waals surface area (Å²) in [6, 6.07) is 12.0. The maximum absolute atomic E-state index is 11.3. The molecule has 210 valence electrons. The van der Waals surface area contributed by atoms with Crippen molar-refractivity contribution in [2.24, 2.45) is 0 Å². The van der Waals surface area contributed by atoms with Crippen LogP contribution in [0.3, 0.4) is 0 Å². The SMILES string of the molecule is CCC(=Cc1sc2ccc(Br)cc2[n+]1CCCS(=O)(=O)O)C=C1Sc2ccc(Br)cc2N1CCCS(=O)(=O)O. The van der Waals surface area contributed by atoms with Gasteiger partial charge in [-0.1, -0.05) is 61.9 Å². The Balaban J connectivity index is 1.71. The number of aromatic nitrogens is 1. The molecule has 39 heavy (non-hydrogen) atoms. The normalized spacial score (nSPS) is 15.5. The van der Waals surface area contributed by atoms with Crippen molar-refractivity contribution in [2.45, 2.75) is 37.6 Å². The third-order valence-corrected chi connectivity index (χ3v) is 10.8. The first-order valence-corrected chi connectivity index (χ1v) is 18.5. The van der Waals surface area contributed by atoms with Crippen LogP contribution < -0.4 is 9.47 Å². The van der Waals surface area contributed by atoms with Crippen LogP contribution in [0.5, 0.6) is 0 Å². The average Bonchev–Trinajstić information content (AvgIpc) is 3.34. The second-order valence-corrected chi connectivity index (χ2v) is 16.0. The van der Waals surface area contributed by atoms with Gasteiger partial charge in [0.1, 0.15) is 4.70 Å². The van der Waals surface area contributed by atoms with E-state index in [0.717, 1.165) is 51.8 Å². The van der Waals surface area contributed by atoms with Gasteiger partial charge in [0.05, 0.1) is 22.2 Å². The van der Waals surface area contributed by atoms with Crippen molar-refractivity contribution in [1.29, 1.82) is 0 Å². The Morgan fingerprint density at radius 1 is 1.00 bits per heavy atom. The minimum absolute atomic E-state index is 0.271. The largest absolute Gasteiger partial charge is 0.335 e. The van der Waals surface area contributed by atoms with Crippen LogP contribution in [0.4, 0.5) is 5.69 Å². The number of fused-ring (bicyclic) bond motifs is 2. The summed E-state index contributed by atoms with van der Waals surface area (Å²) in [5.74, 6) is -0.635. The fourth-order valence-electron chi connectivity index (χ4n) is 4.20. The molecule has 1 aliphatic heterocycles. The third-order valence-electron chi connectivity index (χ3n) is 5.98. The topological polar surface area (TPSA) is 116 Å². The molecular weight excluding hydrogens is 712 g/mol. The van der Waals surface area contributed by atoms with Gasteiger partial charge in [0.2, 0.25) is 5.52 Å². The molecule has 2 heterocycles. The van der Waals surface area contributed by atoms with E-state index in [0.29, 0.717) is 13.1 Å². The number of nitrogens with zero attached hydrogens (tertiary/aromatic N) is 2. The summed E-state index contributed by atoms with van der Waals surface area (Å²) in [4.78, 5) is 3.13. The first-order valence-electron chi connectivity index (χ1n) is 12.0. The Morgan fingerprint density at radius 2 is 1.67 bits per heavy atom. The van der Waals surface area contributed by atoms with Crippen LogP contribution in [0.25, 0.3) is 16.3 Å². The zero-order chi connectivity index (χ0) is 28.4. The molecule has 0 atom stereocenters. The number of anilines is 1. The van der Waals surface area contributed by atoms with Gasteiger partial charge in [-0.2, -0.15) is 21.4 Å². The predicted octanol–water partition coefficient (Wildman–Crippen LogP) is 6.52. The molecule has 0 aliphatic carbocycles. The second kappa shape index (κ2) is 12.7. The van der Waals surface area contributed by atoms with Crippen molar-refractivity contribution in [3.8, 4) is 0 Å². The highest BCUT2D eigenvalue weighted by Gasteiger charge is 2.26. The van der Waals surface area contributed by atoms with Crippen LogP contribution in [0.15, 0.2) is 66.9 Å². The minimum atomic E-state index is -4.06. The molecule has 2 N–H and O–H groups in total. The van der Waals surface area contributed by atoms with E-state index in [1.54, 1.807) is 23.1 Å².